The van der Waals surface area contributed by atoms with Gasteiger partial charge in [0.15, 0.2) is 0 Å². The zero-order valence-electron chi connectivity index (χ0n) is 15.8. The van der Waals surface area contributed by atoms with Crippen LogP contribution in [0.2, 0.25) is 5.02 Å². The monoisotopic (exact) mass is 405 g/mol. The van der Waals surface area contributed by atoms with Crippen LogP contribution < -0.4 is 10.6 Å². The molecular formula is C22H20ClN5O. The quantitative estimate of drug-likeness (QED) is 0.500. The number of amides is 1. The lowest BCUT2D eigenvalue weighted by Gasteiger charge is -2.17. The van der Waals surface area contributed by atoms with E-state index >= 15 is 0 Å². The van der Waals surface area contributed by atoms with Crippen LogP contribution in [0.25, 0.3) is 16.5 Å². The van der Waals surface area contributed by atoms with Gasteiger partial charge in [-0.2, -0.15) is 5.10 Å². The minimum absolute atomic E-state index is 0.0148. The molecule has 1 atom stereocenters. The third-order valence-electron chi connectivity index (χ3n) is 4.76. The molecule has 2 N–H and O–H groups in total. The summed E-state index contributed by atoms with van der Waals surface area (Å²) in [5, 5.41) is 13.2. The molecule has 6 nitrogen and oxygen atoms in total. The molecule has 146 valence electrons. The van der Waals surface area contributed by atoms with Crippen LogP contribution in [0, 0.1) is 0 Å². The highest BCUT2D eigenvalue weighted by atomic mass is 35.5. The number of halogens is 1. The van der Waals surface area contributed by atoms with E-state index in [0.29, 0.717) is 16.4 Å². The van der Waals surface area contributed by atoms with Gasteiger partial charge in [0.2, 0.25) is 5.91 Å². The highest BCUT2D eigenvalue weighted by Crippen LogP contribution is 2.25. The molecule has 1 heterocycles. The number of rotatable bonds is 6. The minimum atomic E-state index is -0.166. The zero-order chi connectivity index (χ0) is 20.2. The standard InChI is InChI=1S/C22H20ClN5O/c1-15(18-8-4-6-16-5-2-3-7-19(16)18)25-12-22(29)27-20-11-17(23)9-10-21(20)28-14-24-13-26-28/h2-11,13-15,25H,12H2,1H3,(H,27,29). The number of benzene rings is 3. The van der Waals surface area contributed by atoms with Crippen molar-refractivity contribution in [3.8, 4) is 5.69 Å². The predicted molar refractivity (Wildman–Crippen MR) is 115 cm³/mol. The lowest BCUT2D eigenvalue weighted by molar-refractivity contribution is -0.115. The molecule has 0 aliphatic heterocycles. The minimum Gasteiger partial charge on any atom is -0.323 e. The molecule has 4 aromatic rings. The van der Waals surface area contributed by atoms with E-state index in [1.165, 1.54) is 17.1 Å². The molecule has 4 rings (SSSR count). The second-order valence-electron chi connectivity index (χ2n) is 6.72. The largest absolute Gasteiger partial charge is 0.323 e. The fraction of sp³-hybridized carbons (Fsp3) is 0.136. The van der Waals surface area contributed by atoms with Gasteiger partial charge in [-0.15, -0.1) is 0 Å². The number of hydrogen-bond acceptors (Lipinski definition) is 4. The van der Waals surface area contributed by atoms with Crippen LogP contribution >= 0.6 is 11.6 Å². The highest BCUT2D eigenvalue weighted by molar-refractivity contribution is 6.31. The van der Waals surface area contributed by atoms with E-state index in [1.807, 2.05) is 18.2 Å². The lowest BCUT2D eigenvalue weighted by Crippen LogP contribution is -2.30. The van der Waals surface area contributed by atoms with E-state index in [-0.39, 0.29) is 18.5 Å². The van der Waals surface area contributed by atoms with E-state index < -0.39 is 0 Å². The molecule has 1 aromatic heterocycles. The maximum Gasteiger partial charge on any atom is 0.238 e. The molecule has 0 aliphatic carbocycles. The highest BCUT2D eigenvalue weighted by Gasteiger charge is 2.13. The smallest absolute Gasteiger partial charge is 0.238 e. The molecule has 0 saturated carbocycles. The van der Waals surface area contributed by atoms with E-state index in [1.54, 1.807) is 29.2 Å². The van der Waals surface area contributed by atoms with Crippen LogP contribution in [0.5, 0.6) is 0 Å². The van der Waals surface area contributed by atoms with Gasteiger partial charge in [-0.3, -0.25) is 4.79 Å². The molecule has 0 spiro atoms. The summed E-state index contributed by atoms with van der Waals surface area (Å²) in [7, 11) is 0. The number of carbonyl (C=O) groups is 1. The Bertz CT molecular complexity index is 1140. The summed E-state index contributed by atoms with van der Waals surface area (Å²) in [6.45, 7) is 2.21. The van der Waals surface area contributed by atoms with Crippen LogP contribution in [0.1, 0.15) is 18.5 Å². The molecule has 0 radical (unpaired) electrons. The maximum atomic E-state index is 12.6. The number of carbonyl (C=O) groups excluding carboxylic acids is 1. The summed E-state index contributed by atoms with van der Waals surface area (Å²) >= 11 is 6.11. The van der Waals surface area contributed by atoms with E-state index in [0.717, 1.165) is 5.56 Å². The van der Waals surface area contributed by atoms with Gasteiger partial charge < -0.3 is 10.6 Å². The molecule has 0 fully saturated rings. The first-order valence-corrected chi connectivity index (χ1v) is 9.65. The van der Waals surface area contributed by atoms with Gasteiger partial charge in [-0.05, 0) is 41.5 Å². The Hall–Kier alpha value is -3.22. The SMILES string of the molecule is CC(NCC(=O)Nc1cc(Cl)ccc1-n1cncn1)c1cccc2ccccc12. The maximum absolute atomic E-state index is 12.6. The summed E-state index contributed by atoms with van der Waals surface area (Å²) in [5.41, 5.74) is 2.43. The van der Waals surface area contributed by atoms with E-state index in [9.17, 15) is 4.79 Å². The van der Waals surface area contributed by atoms with Crippen LogP contribution in [-0.2, 0) is 4.79 Å². The van der Waals surface area contributed by atoms with Crippen molar-refractivity contribution in [3.63, 3.8) is 0 Å². The number of fused-ring (bicyclic) bond motifs is 1. The van der Waals surface area contributed by atoms with Crippen LogP contribution in [0.4, 0.5) is 5.69 Å². The van der Waals surface area contributed by atoms with Crippen molar-refractivity contribution in [1.82, 2.24) is 20.1 Å². The average Bonchev–Trinajstić information content (AvgIpc) is 3.26. The number of anilines is 1. The summed E-state index contributed by atoms with van der Waals surface area (Å²) in [6.07, 6.45) is 3.01. The molecule has 1 amide bonds. The van der Waals surface area contributed by atoms with Gasteiger partial charge in [0.1, 0.15) is 12.7 Å². The molecule has 1 unspecified atom stereocenters. The third kappa shape index (κ3) is 4.29. The first-order chi connectivity index (χ1) is 14.1. The Morgan fingerprint density at radius 3 is 2.79 bits per heavy atom. The summed E-state index contributed by atoms with van der Waals surface area (Å²) < 4.78 is 1.58. The van der Waals surface area contributed by atoms with Gasteiger partial charge >= 0.3 is 0 Å². The zero-order valence-corrected chi connectivity index (χ0v) is 16.6. The number of aromatic nitrogens is 3. The second-order valence-corrected chi connectivity index (χ2v) is 7.16. The van der Waals surface area contributed by atoms with Gasteiger partial charge in [-0.1, -0.05) is 54.1 Å². The Labute approximate surface area is 173 Å². The molecule has 3 aromatic carbocycles. The summed E-state index contributed by atoms with van der Waals surface area (Å²) in [5.74, 6) is -0.166. The number of nitrogens with one attached hydrogen (secondary N) is 2. The number of hydrogen-bond donors (Lipinski definition) is 2. The fourth-order valence-corrected chi connectivity index (χ4v) is 3.49. The molecule has 0 aliphatic rings. The van der Waals surface area contributed by atoms with Gasteiger partial charge in [-0.25, -0.2) is 9.67 Å². The predicted octanol–water partition coefficient (Wildman–Crippen LogP) is 4.36. The van der Waals surface area contributed by atoms with Crippen molar-refractivity contribution in [3.05, 3.63) is 83.9 Å². The van der Waals surface area contributed by atoms with Crippen molar-refractivity contribution in [2.45, 2.75) is 13.0 Å². The van der Waals surface area contributed by atoms with Crippen molar-refractivity contribution < 1.29 is 4.79 Å². The van der Waals surface area contributed by atoms with E-state index in [2.05, 4.69) is 51.9 Å². The van der Waals surface area contributed by atoms with Crippen molar-refractivity contribution >= 4 is 34.0 Å². The van der Waals surface area contributed by atoms with Crippen LogP contribution in [0.3, 0.4) is 0 Å². The fourth-order valence-electron chi connectivity index (χ4n) is 3.32. The molecular weight excluding hydrogens is 386 g/mol. The summed E-state index contributed by atoms with van der Waals surface area (Å²) in [6, 6.07) is 19.7. The van der Waals surface area contributed by atoms with Crippen molar-refractivity contribution in [1.29, 1.82) is 0 Å². The van der Waals surface area contributed by atoms with Gasteiger partial charge in [0.05, 0.1) is 17.9 Å². The Morgan fingerprint density at radius 2 is 1.97 bits per heavy atom. The molecule has 0 saturated heterocycles. The van der Waals surface area contributed by atoms with Crippen LogP contribution in [0.15, 0.2) is 73.3 Å². The average molecular weight is 406 g/mol. The van der Waals surface area contributed by atoms with Gasteiger partial charge in [0, 0.05) is 11.1 Å². The molecule has 29 heavy (non-hydrogen) atoms. The molecule has 0 bridgehead atoms. The van der Waals surface area contributed by atoms with Crippen LogP contribution in [-0.4, -0.2) is 27.2 Å². The third-order valence-corrected chi connectivity index (χ3v) is 4.99. The Kier molecular flexibility index (Phi) is 5.55. The molecule has 7 heteroatoms. The summed E-state index contributed by atoms with van der Waals surface area (Å²) in [4.78, 5) is 16.5. The number of nitrogens with zero attached hydrogens (tertiary/aromatic N) is 3. The Balaban J connectivity index is 1.46. The topological polar surface area (TPSA) is 71.8 Å². The lowest BCUT2D eigenvalue weighted by atomic mass is 10.00. The second kappa shape index (κ2) is 8.43. The first kappa shape index (κ1) is 19.1. The van der Waals surface area contributed by atoms with Crippen molar-refractivity contribution in [2.24, 2.45) is 0 Å². The first-order valence-electron chi connectivity index (χ1n) is 9.27. The van der Waals surface area contributed by atoms with Crippen molar-refractivity contribution in [2.75, 3.05) is 11.9 Å². The Morgan fingerprint density at radius 1 is 1.14 bits per heavy atom. The van der Waals surface area contributed by atoms with Gasteiger partial charge in [0.25, 0.3) is 0 Å². The normalized spacial score (nSPS) is 12.1. The van der Waals surface area contributed by atoms with E-state index in [4.69, 9.17) is 11.6 Å².